The number of nitrogens with one attached hydrogen (secondary N) is 4. The van der Waals surface area contributed by atoms with Gasteiger partial charge in [0.25, 0.3) is 0 Å². The third kappa shape index (κ3) is 8.92. The number of fused-ring (bicyclic) bond motifs is 3. The van der Waals surface area contributed by atoms with E-state index >= 15 is 0 Å². The van der Waals surface area contributed by atoms with Crippen LogP contribution in [-0.4, -0.2) is 51.5 Å². The number of amides is 4. The first-order chi connectivity index (χ1) is 24.3. The van der Waals surface area contributed by atoms with E-state index in [9.17, 15) is 28.7 Å². The number of alkyl carbamates (subject to hydrolysis) is 1. The zero-order chi connectivity index (χ0) is 36.9. The number of nitrogens with two attached hydrogens (primary N) is 1. The van der Waals surface area contributed by atoms with Gasteiger partial charge in [-0.3, -0.25) is 14.4 Å². The molecule has 1 unspecified atom stereocenters. The van der Waals surface area contributed by atoms with Crippen LogP contribution in [0.25, 0.3) is 10.9 Å². The molecule has 0 bridgehead atoms. The molecule has 0 fully saturated rings. The predicted octanol–water partition coefficient (Wildman–Crippen LogP) is 5.61. The van der Waals surface area contributed by atoms with E-state index in [2.05, 4.69) is 20.9 Å². The summed E-state index contributed by atoms with van der Waals surface area (Å²) in [6.45, 7) is 3.41. The summed E-state index contributed by atoms with van der Waals surface area (Å²) in [7, 11) is 0. The Balaban J connectivity index is 1.46. The highest BCUT2D eigenvalue weighted by Gasteiger charge is 2.46. The van der Waals surface area contributed by atoms with E-state index in [1.165, 1.54) is 30.3 Å². The lowest BCUT2D eigenvalue weighted by atomic mass is 9.78. The molecule has 0 radical (unpaired) electrons. The number of primary amides is 1. The number of aryl methyl sites for hydroxylation is 2. The Bertz CT molecular complexity index is 1940. The number of benzene rings is 3. The fourth-order valence-corrected chi connectivity index (χ4v) is 6.90. The summed E-state index contributed by atoms with van der Waals surface area (Å²) in [5.41, 5.74) is 7.50. The summed E-state index contributed by atoms with van der Waals surface area (Å²) in [5, 5.41) is 19.6. The Morgan fingerprint density at radius 3 is 2.49 bits per heavy atom. The van der Waals surface area contributed by atoms with Gasteiger partial charge in [0.15, 0.2) is 0 Å². The molecule has 1 heterocycles. The average molecular weight is 741 g/mol. The van der Waals surface area contributed by atoms with E-state index in [1.807, 2.05) is 6.92 Å². The van der Waals surface area contributed by atoms with E-state index in [0.29, 0.717) is 45.8 Å². The van der Waals surface area contributed by atoms with Gasteiger partial charge in [-0.15, -0.1) is 0 Å². The van der Waals surface area contributed by atoms with Gasteiger partial charge in [0.1, 0.15) is 35.8 Å². The third-order valence-electron chi connectivity index (χ3n) is 9.43. The van der Waals surface area contributed by atoms with Crippen molar-refractivity contribution in [2.75, 3.05) is 0 Å². The maximum absolute atomic E-state index is 14.4. The Labute approximate surface area is 304 Å². The lowest BCUT2D eigenvalue weighted by Gasteiger charge is -2.39. The minimum atomic E-state index is -1.58. The molecule has 0 saturated carbocycles. The fraction of sp³-hybridized carbons (Fsp3) is 0.351. The number of hydrogen-bond acceptors (Lipinski definition) is 6. The van der Waals surface area contributed by atoms with Crippen LogP contribution < -0.4 is 21.7 Å². The van der Waals surface area contributed by atoms with E-state index in [0.717, 1.165) is 16.8 Å². The predicted molar refractivity (Wildman–Crippen MR) is 192 cm³/mol. The van der Waals surface area contributed by atoms with Gasteiger partial charge in [0, 0.05) is 22.5 Å². The van der Waals surface area contributed by atoms with Gasteiger partial charge >= 0.3 is 6.09 Å². The van der Waals surface area contributed by atoms with Crippen molar-refractivity contribution >= 4 is 57.9 Å². The number of carbonyl (C=O) groups is 4. The van der Waals surface area contributed by atoms with Gasteiger partial charge in [0.05, 0.1) is 10.5 Å². The van der Waals surface area contributed by atoms with Gasteiger partial charge in [-0.2, -0.15) is 0 Å². The quantitative estimate of drug-likeness (QED) is 0.104. The van der Waals surface area contributed by atoms with Crippen molar-refractivity contribution in [3.05, 3.63) is 98.9 Å². The third-order valence-corrected chi connectivity index (χ3v) is 9.95. The number of rotatable bonds is 13. The van der Waals surface area contributed by atoms with E-state index < -0.39 is 47.3 Å². The summed E-state index contributed by atoms with van der Waals surface area (Å²) in [6.07, 6.45) is 0.497. The van der Waals surface area contributed by atoms with Crippen molar-refractivity contribution in [1.82, 2.24) is 20.9 Å². The molecule has 0 saturated heterocycles. The molecule has 11 nitrogen and oxygen atoms in total. The average Bonchev–Trinajstić information content (AvgIpc) is 3.46. The number of phenolic OH excluding ortho intramolecular Hbond substituents is 1. The molecular formula is C37H40Cl2FN5O6. The van der Waals surface area contributed by atoms with Crippen LogP contribution in [-0.2, 0) is 45.0 Å². The first-order valence-corrected chi connectivity index (χ1v) is 17.4. The zero-order valence-corrected chi connectivity index (χ0v) is 29.7. The number of aromatic hydroxyl groups is 1. The van der Waals surface area contributed by atoms with E-state index in [4.69, 9.17) is 33.7 Å². The highest BCUT2D eigenvalue weighted by molar-refractivity contribution is 6.38. The minimum Gasteiger partial charge on any atom is -0.508 e. The summed E-state index contributed by atoms with van der Waals surface area (Å²) in [4.78, 5) is 57.5. The monoisotopic (exact) mass is 739 g/mol. The second-order valence-electron chi connectivity index (χ2n) is 13.0. The molecule has 4 atom stereocenters. The summed E-state index contributed by atoms with van der Waals surface area (Å²) in [5.74, 6) is -2.71. The van der Waals surface area contributed by atoms with Gasteiger partial charge in [0.2, 0.25) is 17.7 Å². The first-order valence-electron chi connectivity index (χ1n) is 16.6. The Morgan fingerprint density at radius 2 is 1.80 bits per heavy atom. The topological polar surface area (TPSA) is 176 Å². The summed E-state index contributed by atoms with van der Waals surface area (Å²) in [6, 6.07) is 13.1. The summed E-state index contributed by atoms with van der Waals surface area (Å²) >= 11 is 12.9. The minimum absolute atomic E-state index is 0.0112. The van der Waals surface area contributed by atoms with Gasteiger partial charge in [-0.25, -0.2) is 9.18 Å². The smallest absolute Gasteiger partial charge is 0.408 e. The number of hydrogen-bond donors (Lipinski definition) is 6. The summed E-state index contributed by atoms with van der Waals surface area (Å²) < 4.78 is 19.0. The van der Waals surface area contributed by atoms with Crippen LogP contribution in [0.2, 0.25) is 10.0 Å². The normalized spacial score (nSPS) is 17.1. The van der Waals surface area contributed by atoms with Crippen molar-refractivity contribution in [3.8, 4) is 5.75 Å². The largest absolute Gasteiger partial charge is 0.508 e. The molecule has 51 heavy (non-hydrogen) atoms. The standard InChI is InChI=1S/C37H40Cl2FN5O6/c1-3-20(2)31(33(41)47)44-35(49)37(14-13-29-27(18-37)26-16-23(38)17-28(39)32(26)42-29)45-34(48)30(12-9-21-7-10-25(46)11-8-21)43-36(50)51-19-22-5-4-6-24(40)15-22/h4-8,10-11,15-17,20,30-31,42,46H,3,9,12-14,18-19H2,1-2H3,(H2,41,47)(H,43,50)(H,44,49)(H,45,48)/t20?,30-,31-,37+/m0/s1. The van der Waals surface area contributed by atoms with Gasteiger partial charge in [-0.1, -0.05) is 67.7 Å². The van der Waals surface area contributed by atoms with Crippen molar-refractivity contribution in [2.45, 2.75) is 76.6 Å². The molecule has 4 amide bonds. The fourth-order valence-electron chi connectivity index (χ4n) is 6.36. The van der Waals surface area contributed by atoms with Crippen molar-refractivity contribution in [2.24, 2.45) is 11.7 Å². The maximum atomic E-state index is 14.4. The van der Waals surface area contributed by atoms with E-state index in [1.54, 1.807) is 37.3 Å². The van der Waals surface area contributed by atoms with Crippen molar-refractivity contribution < 1.29 is 33.4 Å². The molecule has 7 N–H and O–H groups in total. The van der Waals surface area contributed by atoms with Crippen LogP contribution in [0.3, 0.4) is 0 Å². The highest BCUT2D eigenvalue weighted by atomic mass is 35.5. The molecule has 1 aliphatic carbocycles. The Hall–Kier alpha value is -4.81. The second-order valence-corrected chi connectivity index (χ2v) is 13.8. The van der Waals surface area contributed by atoms with Crippen LogP contribution in [0.15, 0.2) is 60.7 Å². The number of aromatic nitrogens is 1. The molecule has 1 aliphatic rings. The van der Waals surface area contributed by atoms with E-state index in [-0.39, 0.29) is 37.5 Å². The number of ether oxygens (including phenoxy) is 1. The molecule has 14 heteroatoms. The maximum Gasteiger partial charge on any atom is 0.408 e. The highest BCUT2D eigenvalue weighted by Crippen LogP contribution is 2.38. The van der Waals surface area contributed by atoms with Gasteiger partial charge < -0.3 is 36.5 Å². The van der Waals surface area contributed by atoms with Crippen LogP contribution in [0, 0.1) is 11.7 Å². The van der Waals surface area contributed by atoms with Crippen LogP contribution in [0.1, 0.15) is 55.5 Å². The van der Waals surface area contributed by atoms with Crippen LogP contribution >= 0.6 is 23.2 Å². The Morgan fingerprint density at radius 1 is 1.06 bits per heavy atom. The first kappa shape index (κ1) is 37.4. The molecular weight excluding hydrogens is 700 g/mol. The molecule has 4 aromatic rings. The number of aromatic amines is 1. The number of carbonyl (C=O) groups excluding carboxylic acids is 4. The zero-order valence-electron chi connectivity index (χ0n) is 28.2. The molecule has 3 aromatic carbocycles. The molecule has 0 aliphatic heterocycles. The lowest BCUT2D eigenvalue weighted by Crippen LogP contribution is -2.66. The molecule has 1 aromatic heterocycles. The molecule has 0 spiro atoms. The lowest BCUT2D eigenvalue weighted by molar-refractivity contribution is -0.137. The molecule has 5 rings (SSSR count). The second kappa shape index (κ2) is 16.0. The van der Waals surface area contributed by atoms with Crippen molar-refractivity contribution in [3.63, 3.8) is 0 Å². The van der Waals surface area contributed by atoms with Crippen molar-refractivity contribution in [1.29, 1.82) is 0 Å². The van der Waals surface area contributed by atoms with Crippen LogP contribution in [0.4, 0.5) is 9.18 Å². The van der Waals surface area contributed by atoms with Gasteiger partial charge in [-0.05, 0) is 84.7 Å². The molecule has 270 valence electrons. The SMILES string of the molecule is CCC(C)[C@H](NC(=O)[C@@]1(NC(=O)[C@H](CCc2ccc(O)cc2)NC(=O)OCc2cccc(F)c2)CCc2[nH]c3c(Cl)cc(Cl)cc3c2C1)C(N)=O. The Kier molecular flexibility index (Phi) is 11.8. The number of phenols is 1. The van der Waals surface area contributed by atoms with Crippen LogP contribution in [0.5, 0.6) is 5.75 Å². The number of H-pyrrole nitrogens is 1. The number of halogens is 3.